The van der Waals surface area contributed by atoms with Crippen molar-refractivity contribution in [2.24, 2.45) is 0 Å². The maximum Gasteiger partial charge on any atom is 0.255 e. The minimum absolute atomic E-state index is 0.0604. The van der Waals surface area contributed by atoms with Gasteiger partial charge in [0, 0.05) is 30.9 Å². The molecule has 2 heterocycles. The topological polar surface area (TPSA) is 80.9 Å². The molecule has 0 saturated carbocycles. The predicted molar refractivity (Wildman–Crippen MR) is 85.0 cm³/mol. The fraction of sp³-hybridized carbons (Fsp3) is 0.125. The summed E-state index contributed by atoms with van der Waals surface area (Å²) < 4.78 is 19.2. The number of rotatable bonds is 5. The van der Waals surface area contributed by atoms with Crippen LogP contribution in [0.3, 0.4) is 0 Å². The van der Waals surface area contributed by atoms with E-state index < -0.39 is 11.7 Å². The van der Waals surface area contributed by atoms with E-state index in [9.17, 15) is 9.18 Å². The van der Waals surface area contributed by atoms with E-state index in [2.05, 4.69) is 20.5 Å². The second-order valence-electron chi connectivity index (χ2n) is 4.84. The van der Waals surface area contributed by atoms with Gasteiger partial charge in [0.2, 0.25) is 11.8 Å². The summed E-state index contributed by atoms with van der Waals surface area (Å²) in [4.78, 5) is 15.9. The van der Waals surface area contributed by atoms with Crippen molar-refractivity contribution < 1.29 is 13.6 Å². The smallest absolute Gasteiger partial charge is 0.255 e. The highest BCUT2D eigenvalue weighted by Crippen LogP contribution is 2.19. The van der Waals surface area contributed by atoms with E-state index >= 15 is 0 Å². The largest absolute Gasteiger partial charge is 0.421 e. The van der Waals surface area contributed by atoms with E-state index in [0.717, 1.165) is 5.56 Å². The Hall–Kier alpha value is -2.80. The average Bonchev–Trinajstić information content (AvgIpc) is 3.04. The van der Waals surface area contributed by atoms with Gasteiger partial charge in [-0.1, -0.05) is 17.7 Å². The summed E-state index contributed by atoms with van der Waals surface area (Å²) in [6, 6.07) is 7.57. The first-order valence-electron chi connectivity index (χ1n) is 7.10. The lowest BCUT2D eigenvalue weighted by molar-refractivity contribution is 0.0950. The quantitative estimate of drug-likeness (QED) is 0.768. The summed E-state index contributed by atoms with van der Waals surface area (Å²) >= 11 is 5.84. The molecule has 2 aromatic heterocycles. The van der Waals surface area contributed by atoms with E-state index in [1.807, 2.05) is 0 Å². The summed E-state index contributed by atoms with van der Waals surface area (Å²) in [6.45, 7) is 0.210. The minimum Gasteiger partial charge on any atom is -0.421 e. The normalized spacial score (nSPS) is 10.6. The van der Waals surface area contributed by atoms with Crippen molar-refractivity contribution in [3.63, 3.8) is 0 Å². The Morgan fingerprint density at radius 2 is 2.00 bits per heavy atom. The number of nitrogens with zero attached hydrogens (tertiary/aromatic N) is 3. The number of pyridine rings is 1. The van der Waals surface area contributed by atoms with Crippen LogP contribution in [0.25, 0.3) is 11.5 Å². The van der Waals surface area contributed by atoms with Gasteiger partial charge < -0.3 is 9.73 Å². The molecule has 122 valence electrons. The number of nitrogens with one attached hydrogen (secondary N) is 1. The molecule has 6 nitrogen and oxygen atoms in total. The Morgan fingerprint density at radius 1 is 1.21 bits per heavy atom. The summed E-state index contributed by atoms with van der Waals surface area (Å²) in [7, 11) is 0. The van der Waals surface area contributed by atoms with Crippen molar-refractivity contribution in [3.8, 4) is 11.5 Å². The molecule has 0 unspecified atom stereocenters. The zero-order valence-corrected chi connectivity index (χ0v) is 13.1. The van der Waals surface area contributed by atoms with Crippen LogP contribution in [0.4, 0.5) is 4.39 Å². The summed E-state index contributed by atoms with van der Waals surface area (Å²) in [5, 5.41) is 10.5. The van der Waals surface area contributed by atoms with Crippen molar-refractivity contribution in [2.45, 2.75) is 6.42 Å². The summed E-state index contributed by atoms with van der Waals surface area (Å²) in [5.41, 5.74) is 0.577. The number of carbonyl (C=O) groups is 1. The molecule has 8 heteroatoms. The maximum absolute atomic E-state index is 13.7. The minimum atomic E-state index is -0.669. The van der Waals surface area contributed by atoms with Crippen molar-refractivity contribution in [3.05, 3.63) is 65.0 Å². The van der Waals surface area contributed by atoms with E-state index in [0.29, 0.717) is 18.2 Å². The fourth-order valence-corrected chi connectivity index (χ4v) is 2.30. The van der Waals surface area contributed by atoms with Crippen LogP contribution in [0.5, 0.6) is 0 Å². The lowest BCUT2D eigenvalue weighted by Crippen LogP contribution is -2.27. The van der Waals surface area contributed by atoms with Crippen LogP contribution in [-0.4, -0.2) is 27.6 Å². The van der Waals surface area contributed by atoms with Crippen LogP contribution in [-0.2, 0) is 6.42 Å². The number of hydrogen-bond acceptors (Lipinski definition) is 5. The molecular weight excluding hydrogens is 335 g/mol. The Bertz CT molecular complexity index is 834. The highest BCUT2D eigenvalue weighted by atomic mass is 35.5. The highest BCUT2D eigenvalue weighted by Gasteiger charge is 2.15. The molecule has 24 heavy (non-hydrogen) atoms. The van der Waals surface area contributed by atoms with Gasteiger partial charge in [-0.25, -0.2) is 4.39 Å². The van der Waals surface area contributed by atoms with Gasteiger partial charge in [-0.15, -0.1) is 10.2 Å². The van der Waals surface area contributed by atoms with Gasteiger partial charge in [0.1, 0.15) is 5.82 Å². The van der Waals surface area contributed by atoms with Gasteiger partial charge in [0.05, 0.1) is 10.6 Å². The van der Waals surface area contributed by atoms with Gasteiger partial charge >= 0.3 is 0 Å². The van der Waals surface area contributed by atoms with Crippen LogP contribution < -0.4 is 5.32 Å². The molecule has 0 atom stereocenters. The van der Waals surface area contributed by atoms with Gasteiger partial charge in [-0.05, 0) is 24.3 Å². The van der Waals surface area contributed by atoms with Gasteiger partial charge in [0.25, 0.3) is 5.91 Å². The molecule has 0 bridgehead atoms. The van der Waals surface area contributed by atoms with E-state index in [1.165, 1.54) is 18.2 Å². The van der Waals surface area contributed by atoms with Gasteiger partial charge in [-0.3, -0.25) is 9.78 Å². The van der Waals surface area contributed by atoms with Gasteiger partial charge in [-0.2, -0.15) is 0 Å². The summed E-state index contributed by atoms with van der Waals surface area (Å²) in [6.07, 6.45) is 3.56. The average molecular weight is 347 g/mol. The monoisotopic (exact) mass is 346 g/mol. The van der Waals surface area contributed by atoms with Crippen LogP contribution in [0.1, 0.15) is 16.2 Å². The molecule has 0 fully saturated rings. The van der Waals surface area contributed by atoms with Crippen LogP contribution in [0.2, 0.25) is 5.02 Å². The highest BCUT2D eigenvalue weighted by molar-refractivity contribution is 6.33. The van der Waals surface area contributed by atoms with Crippen molar-refractivity contribution in [1.29, 1.82) is 0 Å². The SMILES string of the molecule is O=C(NCCc1nnc(-c2ccncc2)o1)c1c(F)cccc1Cl. The third-order valence-corrected chi connectivity index (χ3v) is 3.52. The summed E-state index contributed by atoms with van der Waals surface area (Å²) in [5.74, 6) is -0.526. The lowest BCUT2D eigenvalue weighted by Gasteiger charge is -2.06. The predicted octanol–water partition coefficient (Wildman–Crippen LogP) is 2.90. The molecule has 0 radical (unpaired) electrons. The first-order valence-corrected chi connectivity index (χ1v) is 7.48. The third kappa shape index (κ3) is 3.57. The number of benzene rings is 1. The molecular formula is C16H12ClFN4O2. The molecule has 1 amide bonds. The van der Waals surface area contributed by atoms with Crippen LogP contribution >= 0.6 is 11.6 Å². The second-order valence-corrected chi connectivity index (χ2v) is 5.25. The molecule has 0 spiro atoms. The zero-order valence-electron chi connectivity index (χ0n) is 12.4. The fourth-order valence-electron chi connectivity index (χ4n) is 2.05. The standard InChI is InChI=1S/C16H12ClFN4O2/c17-11-2-1-3-12(18)14(11)15(23)20-9-6-13-21-22-16(24-13)10-4-7-19-8-5-10/h1-5,7-8H,6,9H2,(H,20,23). The molecule has 3 rings (SSSR count). The Labute approximate surface area is 141 Å². The first kappa shape index (κ1) is 16.1. The van der Waals surface area contributed by atoms with Gasteiger partial charge in [0.15, 0.2) is 0 Å². The van der Waals surface area contributed by atoms with E-state index in [4.69, 9.17) is 16.0 Å². The van der Waals surface area contributed by atoms with Crippen molar-refractivity contribution in [1.82, 2.24) is 20.5 Å². The Balaban J connectivity index is 1.59. The number of aromatic nitrogens is 3. The van der Waals surface area contributed by atoms with E-state index in [1.54, 1.807) is 24.5 Å². The molecule has 0 aliphatic carbocycles. The Morgan fingerprint density at radius 3 is 2.75 bits per heavy atom. The zero-order chi connectivity index (χ0) is 16.9. The van der Waals surface area contributed by atoms with E-state index in [-0.39, 0.29) is 17.1 Å². The maximum atomic E-state index is 13.7. The number of carbonyl (C=O) groups excluding carboxylic acids is 1. The first-order chi connectivity index (χ1) is 11.6. The second kappa shape index (κ2) is 7.18. The number of amides is 1. The molecule has 0 saturated heterocycles. The Kier molecular flexibility index (Phi) is 4.81. The molecule has 1 N–H and O–H groups in total. The van der Waals surface area contributed by atoms with Crippen molar-refractivity contribution in [2.75, 3.05) is 6.54 Å². The van der Waals surface area contributed by atoms with Crippen molar-refractivity contribution >= 4 is 17.5 Å². The molecule has 3 aromatic rings. The number of hydrogen-bond donors (Lipinski definition) is 1. The molecule has 0 aliphatic heterocycles. The van der Waals surface area contributed by atoms with Crippen LogP contribution in [0.15, 0.2) is 47.1 Å². The van der Waals surface area contributed by atoms with Crippen LogP contribution in [0, 0.1) is 5.82 Å². The third-order valence-electron chi connectivity index (χ3n) is 3.21. The lowest BCUT2D eigenvalue weighted by atomic mass is 10.2. The molecule has 1 aromatic carbocycles. The number of halogens is 2. The molecule has 0 aliphatic rings.